The van der Waals surface area contributed by atoms with E-state index in [0.29, 0.717) is 22.7 Å². The lowest BCUT2D eigenvalue weighted by Crippen LogP contribution is -2.40. The van der Waals surface area contributed by atoms with E-state index in [4.69, 9.17) is 4.74 Å². The van der Waals surface area contributed by atoms with Crippen molar-refractivity contribution < 1.29 is 14.3 Å². The van der Waals surface area contributed by atoms with E-state index >= 15 is 0 Å². The number of anilines is 1. The summed E-state index contributed by atoms with van der Waals surface area (Å²) in [4.78, 5) is 28.3. The Labute approximate surface area is 157 Å². The van der Waals surface area contributed by atoms with E-state index in [9.17, 15) is 9.59 Å². The van der Waals surface area contributed by atoms with Gasteiger partial charge in [0.15, 0.2) is 0 Å². The number of H-pyrrole nitrogens is 1. The largest absolute Gasteiger partial charge is 0.497 e. The summed E-state index contributed by atoms with van der Waals surface area (Å²) in [5.41, 5.74) is 1.71. The van der Waals surface area contributed by atoms with Crippen molar-refractivity contribution in [3.05, 3.63) is 59.8 Å². The summed E-state index contributed by atoms with van der Waals surface area (Å²) in [7, 11) is 1.59. The molecule has 0 spiro atoms. The van der Waals surface area contributed by atoms with Crippen LogP contribution >= 0.6 is 0 Å². The predicted octanol–water partition coefficient (Wildman–Crippen LogP) is 3.96. The molecule has 140 valence electrons. The van der Waals surface area contributed by atoms with E-state index in [0.717, 1.165) is 10.9 Å². The first-order chi connectivity index (χ1) is 12.8. The molecular weight excluding hydrogens is 342 g/mol. The summed E-state index contributed by atoms with van der Waals surface area (Å²) < 4.78 is 5.20. The molecular formula is C21H23N3O3. The number of fused-ring (bicyclic) bond motifs is 1. The molecule has 0 unspecified atom stereocenters. The molecule has 3 aromatic rings. The zero-order chi connectivity index (χ0) is 19.6. The Morgan fingerprint density at radius 1 is 1.00 bits per heavy atom. The zero-order valence-electron chi connectivity index (χ0n) is 15.8. The Morgan fingerprint density at radius 3 is 2.44 bits per heavy atom. The minimum Gasteiger partial charge on any atom is -0.497 e. The van der Waals surface area contributed by atoms with Gasteiger partial charge in [-0.1, -0.05) is 12.1 Å². The standard InChI is InChI=1S/C21H23N3O3/c1-21(2,3)24-19(25)15-7-5-6-8-16(15)23-20(26)18-11-13-9-10-14(27-4)12-17(13)22-18/h5-12,22H,1-4H3,(H,23,26)(H,24,25). The number of carbonyl (C=O) groups is 2. The maximum Gasteiger partial charge on any atom is 0.272 e. The summed E-state index contributed by atoms with van der Waals surface area (Å²) >= 11 is 0. The molecule has 6 heteroatoms. The van der Waals surface area contributed by atoms with Crippen LogP contribution in [0.2, 0.25) is 0 Å². The van der Waals surface area contributed by atoms with Gasteiger partial charge in [0.1, 0.15) is 11.4 Å². The average molecular weight is 365 g/mol. The lowest BCUT2D eigenvalue weighted by Gasteiger charge is -2.21. The Morgan fingerprint density at radius 2 is 1.74 bits per heavy atom. The summed E-state index contributed by atoms with van der Waals surface area (Å²) in [6.07, 6.45) is 0. The molecule has 0 saturated heterocycles. The normalized spacial score (nSPS) is 11.3. The molecule has 0 saturated carbocycles. The molecule has 0 aliphatic heterocycles. The Bertz CT molecular complexity index is 999. The van der Waals surface area contributed by atoms with Crippen LogP contribution < -0.4 is 15.4 Å². The fourth-order valence-electron chi connectivity index (χ4n) is 2.74. The third-order valence-corrected chi connectivity index (χ3v) is 3.98. The van der Waals surface area contributed by atoms with Gasteiger partial charge in [0.2, 0.25) is 0 Å². The van der Waals surface area contributed by atoms with Crippen LogP contribution in [0.5, 0.6) is 5.75 Å². The molecule has 27 heavy (non-hydrogen) atoms. The molecule has 0 aliphatic rings. The number of amides is 2. The van der Waals surface area contributed by atoms with Crippen LogP contribution in [0.4, 0.5) is 5.69 Å². The third kappa shape index (κ3) is 4.28. The average Bonchev–Trinajstić information content (AvgIpc) is 3.04. The highest BCUT2D eigenvalue weighted by Crippen LogP contribution is 2.22. The highest BCUT2D eigenvalue weighted by atomic mass is 16.5. The Balaban J connectivity index is 1.85. The number of aromatic amines is 1. The maximum absolute atomic E-state index is 12.7. The van der Waals surface area contributed by atoms with Crippen molar-refractivity contribution in [3.63, 3.8) is 0 Å². The minimum absolute atomic E-state index is 0.236. The van der Waals surface area contributed by atoms with E-state index in [2.05, 4.69) is 15.6 Å². The van der Waals surface area contributed by atoms with Gasteiger partial charge in [-0.25, -0.2) is 0 Å². The second kappa shape index (κ2) is 7.15. The number of ether oxygens (including phenoxy) is 1. The molecule has 1 heterocycles. The number of rotatable bonds is 4. The second-order valence-corrected chi connectivity index (χ2v) is 7.34. The summed E-state index contributed by atoms with van der Waals surface area (Å²) in [6.45, 7) is 5.72. The van der Waals surface area contributed by atoms with Crippen LogP contribution in [-0.4, -0.2) is 29.4 Å². The number of nitrogens with one attached hydrogen (secondary N) is 3. The van der Waals surface area contributed by atoms with Crippen molar-refractivity contribution in [2.45, 2.75) is 26.3 Å². The lowest BCUT2D eigenvalue weighted by molar-refractivity contribution is 0.0920. The number of aromatic nitrogens is 1. The topological polar surface area (TPSA) is 83.2 Å². The van der Waals surface area contributed by atoms with Gasteiger partial charge in [0.25, 0.3) is 11.8 Å². The first kappa shape index (κ1) is 18.5. The van der Waals surface area contributed by atoms with Crippen LogP contribution in [0.25, 0.3) is 10.9 Å². The number of para-hydroxylation sites is 1. The zero-order valence-corrected chi connectivity index (χ0v) is 15.8. The quantitative estimate of drug-likeness (QED) is 0.654. The van der Waals surface area contributed by atoms with Gasteiger partial charge >= 0.3 is 0 Å². The van der Waals surface area contributed by atoms with E-state index < -0.39 is 0 Å². The van der Waals surface area contributed by atoms with Crippen molar-refractivity contribution in [1.29, 1.82) is 0 Å². The number of methoxy groups -OCH3 is 1. The van der Waals surface area contributed by atoms with Crippen molar-refractivity contribution in [2.24, 2.45) is 0 Å². The lowest BCUT2D eigenvalue weighted by atomic mass is 10.1. The first-order valence-electron chi connectivity index (χ1n) is 8.66. The molecule has 0 bridgehead atoms. The Hall–Kier alpha value is -3.28. The van der Waals surface area contributed by atoms with E-state index in [1.807, 2.05) is 39.0 Å². The van der Waals surface area contributed by atoms with Gasteiger partial charge < -0.3 is 20.4 Å². The predicted molar refractivity (Wildman–Crippen MR) is 106 cm³/mol. The molecule has 0 fully saturated rings. The molecule has 3 N–H and O–H groups in total. The molecule has 6 nitrogen and oxygen atoms in total. The van der Waals surface area contributed by atoms with Gasteiger partial charge in [-0.3, -0.25) is 9.59 Å². The molecule has 0 aliphatic carbocycles. The molecule has 1 aromatic heterocycles. The highest BCUT2D eigenvalue weighted by Gasteiger charge is 2.19. The molecule has 0 atom stereocenters. The SMILES string of the molecule is COc1ccc2cc(C(=O)Nc3ccccc3C(=O)NC(C)(C)C)[nH]c2c1. The Kier molecular flexibility index (Phi) is 4.90. The van der Waals surface area contributed by atoms with E-state index in [1.165, 1.54) is 0 Å². The van der Waals surface area contributed by atoms with Gasteiger partial charge in [0.05, 0.1) is 18.4 Å². The van der Waals surface area contributed by atoms with Crippen LogP contribution in [0.1, 0.15) is 41.6 Å². The number of carbonyl (C=O) groups excluding carboxylic acids is 2. The maximum atomic E-state index is 12.7. The molecule has 0 radical (unpaired) electrons. The van der Waals surface area contributed by atoms with Crippen LogP contribution in [0.15, 0.2) is 48.5 Å². The summed E-state index contributed by atoms with van der Waals surface area (Å²) in [6, 6.07) is 14.3. The number of hydrogen-bond donors (Lipinski definition) is 3. The monoisotopic (exact) mass is 365 g/mol. The highest BCUT2D eigenvalue weighted by molar-refractivity contribution is 6.10. The summed E-state index contributed by atoms with van der Waals surface area (Å²) in [5, 5.41) is 6.63. The fourth-order valence-corrected chi connectivity index (χ4v) is 2.74. The van der Waals surface area contributed by atoms with Crippen molar-refractivity contribution in [1.82, 2.24) is 10.3 Å². The van der Waals surface area contributed by atoms with Crippen molar-refractivity contribution in [2.75, 3.05) is 12.4 Å². The first-order valence-corrected chi connectivity index (χ1v) is 8.66. The second-order valence-electron chi connectivity index (χ2n) is 7.34. The van der Waals surface area contributed by atoms with Crippen LogP contribution in [0.3, 0.4) is 0 Å². The molecule has 3 rings (SSSR count). The van der Waals surface area contributed by atoms with Gasteiger partial charge in [-0.2, -0.15) is 0 Å². The smallest absolute Gasteiger partial charge is 0.272 e. The summed E-state index contributed by atoms with van der Waals surface area (Å²) in [5.74, 6) is 0.154. The molecule has 2 amide bonds. The van der Waals surface area contributed by atoms with Crippen molar-refractivity contribution >= 4 is 28.4 Å². The van der Waals surface area contributed by atoms with Gasteiger partial charge in [-0.05, 0) is 51.1 Å². The van der Waals surface area contributed by atoms with E-state index in [-0.39, 0.29) is 17.4 Å². The minimum atomic E-state index is -0.371. The molecule has 2 aromatic carbocycles. The third-order valence-electron chi connectivity index (χ3n) is 3.98. The number of hydrogen-bond acceptors (Lipinski definition) is 3. The van der Waals surface area contributed by atoms with Crippen molar-refractivity contribution in [3.8, 4) is 5.75 Å². The van der Waals surface area contributed by atoms with Gasteiger partial charge in [0, 0.05) is 22.5 Å². The number of benzene rings is 2. The van der Waals surface area contributed by atoms with Crippen LogP contribution in [-0.2, 0) is 0 Å². The van der Waals surface area contributed by atoms with E-state index in [1.54, 1.807) is 37.4 Å². The van der Waals surface area contributed by atoms with Gasteiger partial charge in [-0.15, -0.1) is 0 Å². The fraction of sp³-hybridized carbons (Fsp3) is 0.238. The van der Waals surface area contributed by atoms with Crippen LogP contribution in [0, 0.1) is 0 Å².